The average Bonchev–Trinajstić information content (AvgIpc) is 2.67. The lowest BCUT2D eigenvalue weighted by Gasteiger charge is -2.14. The number of halogens is 4. The summed E-state index contributed by atoms with van der Waals surface area (Å²) in [5, 5.41) is 10.9. The summed E-state index contributed by atoms with van der Waals surface area (Å²) in [4.78, 5) is 22.8. The summed E-state index contributed by atoms with van der Waals surface area (Å²) in [6.45, 7) is 3.06. The van der Waals surface area contributed by atoms with Gasteiger partial charge in [-0.05, 0) is 37.4 Å². The van der Waals surface area contributed by atoms with Crippen LogP contribution in [0, 0.1) is 10.1 Å². The summed E-state index contributed by atoms with van der Waals surface area (Å²) >= 11 is 5.83. The molecule has 0 amide bonds. The van der Waals surface area contributed by atoms with E-state index in [0.717, 1.165) is 30.3 Å². The first-order valence-corrected chi connectivity index (χ1v) is 10.6. The highest BCUT2D eigenvalue weighted by atomic mass is 35.5. The molecule has 2 unspecified atom stereocenters. The number of nitrogens with zero attached hydrogens (tertiary/aromatic N) is 1. The number of alkyl halides is 3. The normalized spacial score (nSPS) is 13.4. The number of nitro groups is 1. The van der Waals surface area contributed by atoms with E-state index in [1.807, 2.05) is 0 Å². The smallest absolute Gasteiger partial charge is 0.416 e. The number of carbonyl (C=O) groups excluding carboxylic acids is 1. The highest BCUT2D eigenvalue weighted by molar-refractivity contribution is 7.45. The Morgan fingerprint density at radius 1 is 1.27 bits per heavy atom. The van der Waals surface area contributed by atoms with E-state index in [0.29, 0.717) is 6.07 Å². The standard InChI is InChI=1S/C18H16ClF3NO6P/c1-3-30(27)10(2)28-17(24)13-9-12(5-6-15(13)23(25)26)29-16-7-4-11(8-14(16)19)18(20,21)22/h4-10,30H,3H2,1-2H3. The summed E-state index contributed by atoms with van der Waals surface area (Å²) in [5.74, 6) is -2.25. The molecule has 0 bridgehead atoms. The molecule has 0 aliphatic carbocycles. The SMILES string of the molecule is CC[PH](=O)C(C)OC(=O)c1cc(Oc2ccc(C(F)(F)F)cc2Cl)ccc1[N+](=O)[O-]. The number of nitro benzene ring substituents is 1. The fourth-order valence-corrected chi connectivity index (χ4v) is 3.40. The molecule has 0 heterocycles. The Kier molecular flexibility index (Phi) is 7.49. The van der Waals surface area contributed by atoms with E-state index in [2.05, 4.69) is 0 Å². The highest BCUT2D eigenvalue weighted by Gasteiger charge is 2.31. The predicted octanol–water partition coefficient (Wildman–Crippen LogP) is 6.14. The van der Waals surface area contributed by atoms with Gasteiger partial charge in [0.05, 0.1) is 15.5 Å². The van der Waals surface area contributed by atoms with Crippen LogP contribution in [0.5, 0.6) is 11.5 Å². The van der Waals surface area contributed by atoms with E-state index in [4.69, 9.17) is 21.1 Å². The summed E-state index contributed by atoms with van der Waals surface area (Å²) < 4.78 is 60.5. The summed E-state index contributed by atoms with van der Waals surface area (Å²) in [5.41, 5.74) is -2.01. The number of carbonyl (C=O) groups is 1. The van der Waals surface area contributed by atoms with Crippen LogP contribution in [-0.2, 0) is 15.5 Å². The van der Waals surface area contributed by atoms with Crippen molar-refractivity contribution in [3.63, 3.8) is 0 Å². The molecule has 162 valence electrons. The molecule has 0 saturated heterocycles. The molecule has 2 aromatic rings. The van der Waals surface area contributed by atoms with Gasteiger partial charge >= 0.3 is 12.1 Å². The lowest BCUT2D eigenvalue weighted by molar-refractivity contribution is -0.385. The maximum Gasteiger partial charge on any atom is 0.416 e. The third kappa shape index (κ3) is 5.73. The molecule has 2 atom stereocenters. The topological polar surface area (TPSA) is 95.7 Å². The van der Waals surface area contributed by atoms with Gasteiger partial charge in [0.2, 0.25) is 0 Å². The van der Waals surface area contributed by atoms with Crippen LogP contribution in [0.4, 0.5) is 18.9 Å². The largest absolute Gasteiger partial charge is 0.456 e. The minimum atomic E-state index is -4.59. The number of hydrogen-bond acceptors (Lipinski definition) is 6. The molecule has 2 rings (SSSR count). The number of rotatable bonds is 7. The van der Waals surface area contributed by atoms with Crippen LogP contribution in [0.15, 0.2) is 36.4 Å². The molecule has 0 N–H and O–H groups in total. The highest BCUT2D eigenvalue weighted by Crippen LogP contribution is 2.37. The van der Waals surface area contributed by atoms with Gasteiger partial charge in [-0.3, -0.25) is 10.1 Å². The van der Waals surface area contributed by atoms with Crippen molar-refractivity contribution < 1.29 is 36.9 Å². The minimum Gasteiger partial charge on any atom is -0.456 e. The Bertz CT molecular complexity index is 998. The molecular formula is C18H16ClF3NO6P. The second-order valence-electron chi connectivity index (χ2n) is 6.05. The quantitative estimate of drug-likeness (QED) is 0.211. The molecule has 7 nitrogen and oxygen atoms in total. The van der Waals surface area contributed by atoms with Crippen molar-refractivity contribution in [1.82, 2.24) is 0 Å². The molecule has 0 aliphatic heterocycles. The minimum absolute atomic E-state index is 0.0926. The van der Waals surface area contributed by atoms with E-state index in [9.17, 15) is 32.6 Å². The lowest BCUT2D eigenvalue weighted by atomic mass is 10.1. The van der Waals surface area contributed by atoms with E-state index in [1.54, 1.807) is 6.92 Å². The maximum atomic E-state index is 12.7. The van der Waals surface area contributed by atoms with Gasteiger partial charge in [0, 0.05) is 12.1 Å². The summed E-state index contributed by atoms with van der Waals surface area (Å²) in [6, 6.07) is 5.55. The van der Waals surface area contributed by atoms with Crippen molar-refractivity contribution in [2.75, 3.05) is 6.16 Å². The maximum absolute atomic E-state index is 12.7. The average molecular weight is 466 g/mol. The first-order chi connectivity index (χ1) is 13.9. The van der Waals surface area contributed by atoms with Crippen molar-refractivity contribution in [3.05, 3.63) is 62.7 Å². The molecule has 0 aromatic heterocycles. The van der Waals surface area contributed by atoms with E-state index in [-0.39, 0.29) is 22.7 Å². The van der Waals surface area contributed by atoms with Crippen molar-refractivity contribution in [3.8, 4) is 11.5 Å². The van der Waals surface area contributed by atoms with E-state index >= 15 is 0 Å². The Hall–Kier alpha value is -2.58. The second kappa shape index (κ2) is 9.49. The molecule has 0 aliphatic rings. The first-order valence-electron chi connectivity index (χ1n) is 8.50. The zero-order valence-electron chi connectivity index (χ0n) is 15.7. The number of hydrogen-bond donors (Lipinski definition) is 0. The Balaban J connectivity index is 2.35. The van der Waals surface area contributed by atoms with Crippen LogP contribution in [0.25, 0.3) is 0 Å². The molecule has 30 heavy (non-hydrogen) atoms. The van der Waals surface area contributed by atoms with Crippen molar-refractivity contribution >= 4 is 31.1 Å². The lowest BCUT2D eigenvalue weighted by Crippen LogP contribution is -2.14. The molecule has 12 heteroatoms. The van der Waals surface area contributed by atoms with Gasteiger partial charge in [-0.25, -0.2) is 4.79 Å². The fourth-order valence-electron chi connectivity index (χ4n) is 2.37. The predicted molar refractivity (Wildman–Crippen MR) is 104 cm³/mol. The van der Waals surface area contributed by atoms with Crippen LogP contribution >= 0.6 is 19.4 Å². The number of ether oxygens (including phenoxy) is 2. The number of esters is 1. The van der Waals surface area contributed by atoms with Gasteiger partial charge in [0.25, 0.3) is 5.69 Å². The van der Waals surface area contributed by atoms with Crippen LogP contribution in [0.3, 0.4) is 0 Å². The monoisotopic (exact) mass is 465 g/mol. The molecular weight excluding hydrogens is 450 g/mol. The zero-order chi connectivity index (χ0) is 22.6. The van der Waals surface area contributed by atoms with E-state index in [1.165, 1.54) is 6.92 Å². The van der Waals surface area contributed by atoms with Crippen LogP contribution in [-0.4, -0.2) is 22.9 Å². The fraction of sp³-hybridized carbons (Fsp3) is 0.278. The van der Waals surface area contributed by atoms with Crippen molar-refractivity contribution in [2.45, 2.75) is 25.9 Å². The molecule has 2 aromatic carbocycles. The van der Waals surface area contributed by atoms with Crippen LogP contribution in [0.2, 0.25) is 5.02 Å². The third-order valence-electron chi connectivity index (χ3n) is 3.96. The number of benzene rings is 2. The van der Waals surface area contributed by atoms with Gasteiger partial charge in [0.15, 0.2) is 0 Å². The van der Waals surface area contributed by atoms with Gasteiger partial charge in [-0.15, -0.1) is 0 Å². The molecule has 0 radical (unpaired) electrons. The molecule has 0 spiro atoms. The van der Waals surface area contributed by atoms with Gasteiger partial charge < -0.3 is 14.0 Å². The Morgan fingerprint density at radius 3 is 2.47 bits per heavy atom. The van der Waals surface area contributed by atoms with Gasteiger partial charge in [-0.1, -0.05) is 18.5 Å². The third-order valence-corrected chi connectivity index (χ3v) is 5.97. The van der Waals surface area contributed by atoms with Crippen molar-refractivity contribution in [2.24, 2.45) is 0 Å². The molecule has 0 saturated carbocycles. The molecule has 0 fully saturated rings. The van der Waals surface area contributed by atoms with Crippen LogP contribution < -0.4 is 4.74 Å². The van der Waals surface area contributed by atoms with Crippen LogP contribution in [0.1, 0.15) is 29.8 Å². The van der Waals surface area contributed by atoms with Gasteiger partial charge in [0.1, 0.15) is 30.7 Å². The van der Waals surface area contributed by atoms with E-state index < -0.39 is 47.5 Å². The zero-order valence-corrected chi connectivity index (χ0v) is 17.4. The summed E-state index contributed by atoms with van der Waals surface area (Å²) in [7, 11) is -2.22. The first kappa shape index (κ1) is 23.7. The summed E-state index contributed by atoms with van der Waals surface area (Å²) in [6.07, 6.45) is -4.31. The van der Waals surface area contributed by atoms with Crippen molar-refractivity contribution in [1.29, 1.82) is 0 Å². The Labute approximate surface area is 174 Å². The second-order valence-corrected chi connectivity index (χ2v) is 8.91. The Morgan fingerprint density at radius 2 is 1.93 bits per heavy atom. The van der Waals surface area contributed by atoms with Gasteiger partial charge in [-0.2, -0.15) is 13.2 Å².